The summed E-state index contributed by atoms with van der Waals surface area (Å²) in [4.78, 5) is 73.2. The highest BCUT2D eigenvalue weighted by atomic mass is 31.2. The topological polar surface area (TPSA) is 237 Å². The van der Waals surface area contributed by atoms with Crippen LogP contribution in [-0.2, 0) is 65.4 Å². The molecule has 5 atom stereocenters. The van der Waals surface area contributed by atoms with Crippen LogP contribution in [0.15, 0.2) is 134 Å². The number of phosphoric acid groups is 2. The number of allylic oxidation sites excluding steroid dienone is 22. The largest absolute Gasteiger partial charge is 0.472 e. The summed E-state index contributed by atoms with van der Waals surface area (Å²) in [5, 5.41) is 10.7. The van der Waals surface area contributed by atoms with E-state index in [4.69, 9.17) is 37.0 Å². The Morgan fingerprint density at radius 1 is 0.269 bits per heavy atom. The molecule has 0 radical (unpaired) electrons. The molecule has 0 aromatic heterocycles. The van der Waals surface area contributed by atoms with Gasteiger partial charge in [-0.25, -0.2) is 9.13 Å². The Bertz CT molecular complexity index is 2560. The van der Waals surface area contributed by atoms with Crippen LogP contribution in [0.25, 0.3) is 0 Å². The number of carbonyl (C=O) groups excluding carboxylic acids is 4. The van der Waals surface area contributed by atoms with Crippen LogP contribution in [0.5, 0.6) is 0 Å². The molecule has 0 spiro atoms. The van der Waals surface area contributed by atoms with Gasteiger partial charge in [-0.15, -0.1) is 0 Å². The summed E-state index contributed by atoms with van der Waals surface area (Å²) in [6.07, 6.45) is 91.2. The van der Waals surface area contributed by atoms with E-state index >= 15 is 0 Å². The number of ether oxygens (including phenoxy) is 4. The van der Waals surface area contributed by atoms with Gasteiger partial charge in [-0.2, -0.15) is 0 Å². The SMILES string of the molecule is CC/C=C\C/C=C\C/C=C\CCCCCCCC(=O)OC(COC(=O)CCCCCCCC/C=C\C/C=C\C/C=C\CCCCC)COP(=O)(O)OCC(O)COP(=O)(O)OCC(COC(=O)CCCCCCCC/C=C\C/C=C\C/C=C\CCCCC)OC(=O)CCCCCCC/C=C\C/C=C\CCCCC. The highest BCUT2D eigenvalue weighted by Crippen LogP contribution is 2.45. The lowest BCUT2D eigenvalue weighted by Gasteiger charge is -2.21. The third-order valence-corrected chi connectivity index (χ3v) is 19.5. The number of hydrogen-bond acceptors (Lipinski definition) is 15. The highest BCUT2D eigenvalue weighted by molar-refractivity contribution is 7.47. The first-order valence-corrected chi connectivity index (χ1v) is 45.4. The molecule has 17 nitrogen and oxygen atoms in total. The minimum Gasteiger partial charge on any atom is -0.462 e. The molecule has 5 unspecified atom stereocenters. The first-order chi connectivity index (χ1) is 52.7. The van der Waals surface area contributed by atoms with Crippen LogP contribution >= 0.6 is 15.6 Å². The molecule has 0 aliphatic heterocycles. The molecule has 3 N–H and O–H groups in total. The molecule has 0 rings (SSSR count). The second kappa shape index (κ2) is 80.3. The molecule has 0 aromatic carbocycles. The van der Waals surface area contributed by atoms with Gasteiger partial charge < -0.3 is 33.8 Å². The van der Waals surface area contributed by atoms with Gasteiger partial charge in [0.15, 0.2) is 12.2 Å². The van der Waals surface area contributed by atoms with Crippen LogP contribution in [0.4, 0.5) is 0 Å². The van der Waals surface area contributed by atoms with Gasteiger partial charge in [-0.1, -0.05) is 290 Å². The molecule has 19 heteroatoms. The van der Waals surface area contributed by atoms with Crippen molar-refractivity contribution in [3.8, 4) is 0 Å². The van der Waals surface area contributed by atoms with Crippen molar-refractivity contribution in [2.75, 3.05) is 39.6 Å². The van der Waals surface area contributed by atoms with Crippen LogP contribution < -0.4 is 0 Å². The smallest absolute Gasteiger partial charge is 0.462 e. The van der Waals surface area contributed by atoms with Crippen molar-refractivity contribution in [1.29, 1.82) is 0 Å². The van der Waals surface area contributed by atoms with E-state index < -0.39 is 97.5 Å². The quantitative estimate of drug-likeness (QED) is 0.0169. The predicted molar refractivity (Wildman–Crippen MR) is 445 cm³/mol. The number of phosphoric ester groups is 2. The van der Waals surface area contributed by atoms with Gasteiger partial charge in [0.25, 0.3) is 0 Å². The van der Waals surface area contributed by atoms with Gasteiger partial charge in [0.05, 0.1) is 26.4 Å². The van der Waals surface area contributed by atoms with Crippen LogP contribution in [0, 0.1) is 0 Å². The molecule has 0 fully saturated rings. The van der Waals surface area contributed by atoms with Gasteiger partial charge in [0.1, 0.15) is 19.3 Å². The van der Waals surface area contributed by atoms with E-state index in [1.165, 1.54) is 57.8 Å². The van der Waals surface area contributed by atoms with E-state index in [0.717, 1.165) is 212 Å². The number of unbranched alkanes of at least 4 members (excludes halogenated alkanes) is 31. The Kier molecular flexibility index (Phi) is 76.7. The minimum atomic E-state index is -4.99. The molecule has 108 heavy (non-hydrogen) atoms. The van der Waals surface area contributed by atoms with E-state index in [1.54, 1.807) is 0 Å². The van der Waals surface area contributed by atoms with E-state index in [9.17, 15) is 43.2 Å². The third-order valence-electron chi connectivity index (χ3n) is 17.6. The van der Waals surface area contributed by atoms with E-state index in [1.807, 2.05) is 0 Å². The molecule has 0 bridgehead atoms. The fourth-order valence-electron chi connectivity index (χ4n) is 11.1. The summed E-state index contributed by atoms with van der Waals surface area (Å²) in [6.45, 7) is 4.65. The van der Waals surface area contributed by atoms with Gasteiger partial charge in [-0.3, -0.25) is 37.3 Å². The standard InChI is InChI=1S/C89H152O17P2/c1-5-9-13-17-21-25-29-33-37-39-41-43-47-49-53-57-61-65-69-73-86(91)99-79-84(105-88(93)75-71-67-63-59-55-51-45-35-31-27-23-19-15-11-7-3)81-103-107(95,96)101-77-83(90)78-102-108(97,98)104-82-85(106-89(94)76-72-68-64-60-56-52-46-36-32-28-24-20-16-12-8-4)80-100-87(92)74-70-66-62-58-54-50-48-44-42-40-38-34-30-26-22-18-14-10-6-2/h11,15,21-28,33-38,41-46,83-85,90H,5-10,12-14,16-20,29-32,39-40,47-82H2,1-4H3,(H,95,96)(H,97,98)/b15-11-,25-21-,26-22-,27-23-,28-24-,37-33-,38-34-,43-41-,44-42-,45-35-,46-36-. The predicted octanol–water partition coefficient (Wildman–Crippen LogP) is 25.2. The third kappa shape index (κ3) is 79.3. The first-order valence-electron chi connectivity index (χ1n) is 42.4. The second-order valence-electron chi connectivity index (χ2n) is 28.0. The second-order valence-corrected chi connectivity index (χ2v) is 30.9. The average molecular weight is 1560 g/mol. The van der Waals surface area contributed by atoms with Crippen molar-refractivity contribution >= 4 is 39.5 Å². The summed E-state index contributed by atoms with van der Waals surface area (Å²) < 4.78 is 68.8. The zero-order valence-electron chi connectivity index (χ0n) is 68.0. The zero-order chi connectivity index (χ0) is 78.9. The molecule has 0 heterocycles. The number of hydrogen-bond donors (Lipinski definition) is 3. The van der Waals surface area contributed by atoms with Gasteiger partial charge in [-0.05, 0) is 167 Å². The van der Waals surface area contributed by atoms with Gasteiger partial charge in [0.2, 0.25) is 0 Å². The zero-order valence-corrected chi connectivity index (χ0v) is 69.8. The Morgan fingerprint density at radius 3 is 0.741 bits per heavy atom. The van der Waals surface area contributed by atoms with Crippen molar-refractivity contribution in [2.45, 2.75) is 367 Å². The maximum atomic E-state index is 13.1. The summed E-state index contributed by atoms with van der Waals surface area (Å²) in [5.74, 6) is -2.23. The van der Waals surface area contributed by atoms with Crippen molar-refractivity contribution in [2.24, 2.45) is 0 Å². The molecule has 0 saturated heterocycles. The van der Waals surface area contributed by atoms with E-state index in [0.29, 0.717) is 25.7 Å². The van der Waals surface area contributed by atoms with Gasteiger partial charge >= 0.3 is 39.5 Å². The normalized spacial score (nSPS) is 14.5. The lowest BCUT2D eigenvalue weighted by atomic mass is 10.1. The summed E-state index contributed by atoms with van der Waals surface area (Å²) in [7, 11) is -9.99. The van der Waals surface area contributed by atoms with Crippen LogP contribution in [0.1, 0.15) is 349 Å². The van der Waals surface area contributed by atoms with Crippen molar-refractivity contribution in [1.82, 2.24) is 0 Å². The summed E-state index contributed by atoms with van der Waals surface area (Å²) in [6, 6.07) is 0. The highest BCUT2D eigenvalue weighted by Gasteiger charge is 2.30. The number of carbonyl (C=O) groups is 4. The molecule has 0 aromatic rings. The molecular weight excluding hydrogens is 1400 g/mol. The molecular formula is C89H152O17P2. The minimum absolute atomic E-state index is 0.0693. The Morgan fingerprint density at radius 2 is 0.481 bits per heavy atom. The van der Waals surface area contributed by atoms with Crippen LogP contribution in [0.3, 0.4) is 0 Å². The van der Waals surface area contributed by atoms with E-state index in [2.05, 4.69) is 161 Å². The van der Waals surface area contributed by atoms with Crippen molar-refractivity contribution in [3.63, 3.8) is 0 Å². The summed E-state index contributed by atoms with van der Waals surface area (Å²) >= 11 is 0. The number of rotatable bonds is 79. The monoisotopic (exact) mass is 1560 g/mol. The first kappa shape index (κ1) is 103. The lowest BCUT2D eigenvalue weighted by Crippen LogP contribution is -2.30. The fourth-order valence-corrected chi connectivity index (χ4v) is 12.7. The Hall–Kier alpha value is -4.80. The van der Waals surface area contributed by atoms with Crippen molar-refractivity contribution in [3.05, 3.63) is 134 Å². The van der Waals surface area contributed by atoms with Crippen LogP contribution in [0.2, 0.25) is 0 Å². The van der Waals surface area contributed by atoms with Crippen LogP contribution in [-0.4, -0.2) is 96.7 Å². The fraction of sp³-hybridized carbons (Fsp3) is 0.708. The molecule has 0 amide bonds. The van der Waals surface area contributed by atoms with E-state index in [-0.39, 0.29) is 25.7 Å². The molecule has 0 aliphatic rings. The summed E-state index contributed by atoms with van der Waals surface area (Å²) in [5.41, 5.74) is 0. The number of aliphatic hydroxyl groups is 1. The molecule has 0 aliphatic carbocycles. The molecule has 620 valence electrons. The maximum Gasteiger partial charge on any atom is 0.472 e. The Labute approximate surface area is 656 Å². The van der Waals surface area contributed by atoms with Gasteiger partial charge in [0, 0.05) is 25.7 Å². The average Bonchev–Trinajstić information content (AvgIpc) is 0.907. The lowest BCUT2D eigenvalue weighted by molar-refractivity contribution is -0.161. The molecule has 0 saturated carbocycles. The number of esters is 4. The Balaban J connectivity index is 5.40. The van der Waals surface area contributed by atoms with Crippen molar-refractivity contribution < 1.29 is 80.2 Å². The number of aliphatic hydroxyl groups excluding tert-OH is 1. The maximum absolute atomic E-state index is 13.1.